The first-order chi connectivity index (χ1) is 11.5. The van der Waals surface area contributed by atoms with Crippen molar-refractivity contribution in [3.8, 4) is 0 Å². The Kier molecular flexibility index (Phi) is 4.22. The van der Waals surface area contributed by atoms with Crippen molar-refractivity contribution >= 4 is 33.7 Å². The predicted octanol–water partition coefficient (Wildman–Crippen LogP) is 2.37. The highest BCUT2D eigenvalue weighted by atomic mass is 16.4. The number of aromatic amines is 1. The van der Waals surface area contributed by atoms with Gasteiger partial charge in [0.15, 0.2) is 0 Å². The molecule has 1 aromatic heterocycles. The van der Waals surface area contributed by atoms with Gasteiger partial charge in [-0.2, -0.15) is 0 Å². The Bertz CT molecular complexity index is 916. The number of benzene rings is 2. The molecule has 6 heteroatoms. The van der Waals surface area contributed by atoms with Gasteiger partial charge in [-0.15, -0.1) is 0 Å². The van der Waals surface area contributed by atoms with Crippen LogP contribution < -0.4 is 5.73 Å². The summed E-state index contributed by atoms with van der Waals surface area (Å²) in [5.74, 6) is -3.09. The minimum absolute atomic E-state index is 0.110. The lowest BCUT2D eigenvalue weighted by molar-refractivity contribution is -0.143. The summed E-state index contributed by atoms with van der Waals surface area (Å²) in [7, 11) is 0. The van der Waals surface area contributed by atoms with E-state index >= 15 is 0 Å². The predicted molar refractivity (Wildman–Crippen MR) is 90.9 cm³/mol. The van der Waals surface area contributed by atoms with Crippen molar-refractivity contribution in [2.45, 2.75) is 18.9 Å². The first kappa shape index (κ1) is 16.0. The molecule has 1 unspecified atom stereocenters. The van der Waals surface area contributed by atoms with E-state index in [9.17, 15) is 14.7 Å². The maximum atomic E-state index is 11.5. The highest BCUT2D eigenvalue weighted by Gasteiger charge is 2.25. The minimum atomic E-state index is -1.19. The molecule has 24 heavy (non-hydrogen) atoms. The number of nitrogens with two attached hydrogens (primary N) is 1. The van der Waals surface area contributed by atoms with Crippen molar-refractivity contribution < 1.29 is 19.8 Å². The largest absolute Gasteiger partial charge is 0.481 e. The van der Waals surface area contributed by atoms with Crippen LogP contribution in [-0.4, -0.2) is 33.2 Å². The van der Waals surface area contributed by atoms with E-state index in [1.54, 1.807) is 0 Å². The van der Waals surface area contributed by atoms with E-state index < -0.39 is 23.9 Å². The number of carbonyl (C=O) groups is 2. The van der Waals surface area contributed by atoms with Crippen molar-refractivity contribution in [3.05, 3.63) is 48.0 Å². The zero-order valence-corrected chi connectivity index (χ0v) is 12.9. The molecule has 3 aromatic rings. The molecule has 0 amide bonds. The Labute approximate surface area is 137 Å². The number of hydrogen-bond donors (Lipinski definition) is 4. The van der Waals surface area contributed by atoms with E-state index in [0.717, 1.165) is 27.4 Å². The Hall–Kier alpha value is -2.86. The van der Waals surface area contributed by atoms with Crippen LogP contribution in [0.5, 0.6) is 0 Å². The van der Waals surface area contributed by atoms with Crippen LogP contribution in [0.15, 0.2) is 42.5 Å². The van der Waals surface area contributed by atoms with Crippen molar-refractivity contribution in [1.82, 2.24) is 4.98 Å². The zero-order chi connectivity index (χ0) is 17.3. The summed E-state index contributed by atoms with van der Waals surface area (Å²) in [4.78, 5) is 25.8. The second-order valence-corrected chi connectivity index (χ2v) is 5.93. The fraction of sp³-hybridized carbons (Fsp3) is 0.222. The summed E-state index contributed by atoms with van der Waals surface area (Å²) < 4.78 is 0. The van der Waals surface area contributed by atoms with Gasteiger partial charge in [-0.25, -0.2) is 0 Å². The summed E-state index contributed by atoms with van der Waals surface area (Å²) in [6.45, 7) is 0. The quantitative estimate of drug-likeness (QED) is 0.555. The summed E-state index contributed by atoms with van der Waals surface area (Å²) in [6, 6.07) is 12.4. The molecule has 2 aromatic carbocycles. The van der Waals surface area contributed by atoms with Gasteiger partial charge in [0.05, 0.1) is 5.92 Å². The fourth-order valence-corrected chi connectivity index (χ4v) is 3.05. The molecule has 2 atom stereocenters. The summed E-state index contributed by atoms with van der Waals surface area (Å²) in [6.07, 6.45) is 0.113. The van der Waals surface area contributed by atoms with Crippen LogP contribution in [0, 0.1) is 5.92 Å². The van der Waals surface area contributed by atoms with Crippen molar-refractivity contribution in [2.24, 2.45) is 11.7 Å². The van der Waals surface area contributed by atoms with Gasteiger partial charge in [0, 0.05) is 21.8 Å². The third kappa shape index (κ3) is 2.96. The van der Waals surface area contributed by atoms with Crippen LogP contribution in [0.4, 0.5) is 0 Å². The van der Waals surface area contributed by atoms with Gasteiger partial charge >= 0.3 is 11.9 Å². The van der Waals surface area contributed by atoms with Crippen LogP contribution in [-0.2, 0) is 16.0 Å². The van der Waals surface area contributed by atoms with Gasteiger partial charge < -0.3 is 20.9 Å². The molecule has 0 aliphatic carbocycles. The lowest BCUT2D eigenvalue weighted by Crippen LogP contribution is -2.35. The van der Waals surface area contributed by atoms with E-state index in [1.165, 1.54) is 0 Å². The number of H-pyrrole nitrogens is 1. The zero-order valence-electron chi connectivity index (χ0n) is 12.9. The van der Waals surface area contributed by atoms with Crippen molar-refractivity contribution in [3.63, 3.8) is 0 Å². The van der Waals surface area contributed by atoms with Crippen molar-refractivity contribution in [1.29, 1.82) is 0 Å². The highest BCUT2D eigenvalue weighted by Crippen LogP contribution is 2.29. The Balaban J connectivity index is 1.98. The number of rotatable bonds is 6. The molecule has 1 heterocycles. The Morgan fingerprint density at radius 2 is 1.71 bits per heavy atom. The maximum Gasteiger partial charge on any atom is 0.320 e. The van der Waals surface area contributed by atoms with Gasteiger partial charge in [0.1, 0.15) is 6.04 Å². The number of aliphatic carboxylic acids is 2. The third-order valence-corrected chi connectivity index (χ3v) is 4.30. The number of carboxylic acid groups (broad SMARTS) is 2. The molecule has 0 aliphatic heterocycles. The second-order valence-electron chi connectivity index (χ2n) is 5.93. The average molecular weight is 326 g/mol. The first-order valence-electron chi connectivity index (χ1n) is 7.67. The van der Waals surface area contributed by atoms with Crippen LogP contribution in [0.2, 0.25) is 0 Å². The summed E-state index contributed by atoms with van der Waals surface area (Å²) >= 11 is 0. The maximum absolute atomic E-state index is 11.5. The second kappa shape index (κ2) is 6.33. The Morgan fingerprint density at radius 3 is 2.42 bits per heavy atom. The molecular weight excluding hydrogens is 308 g/mol. The molecule has 0 bridgehead atoms. The SMILES string of the molecule is N[C@@H](CC(Cc1cccc2c1[nH]c1ccccc12)C(=O)O)C(=O)O. The fourth-order valence-electron chi connectivity index (χ4n) is 3.05. The molecule has 0 saturated heterocycles. The normalized spacial score (nSPS) is 13.9. The van der Waals surface area contributed by atoms with Gasteiger partial charge in [0.25, 0.3) is 0 Å². The van der Waals surface area contributed by atoms with Crippen molar-refractivity contribution in [2.75, 3.05) is 0 Å². The van der Waals surface area contributed by atoms with Gasteiger partial charge in [-0.3, -0.25) is 9.59 Å². The molecule has 5 N–H and O–H groups in total. The number of para-hydroxylation sites is 2. The minimum Gasteiger partial charge on any atom is -0.481 e. The Morgan fingerprint density at radius 1 is 1.00 bits per heavy atom. The van der Waals surface area contributed by atoms with Gasteiger partial charge in [-0.1, -0.05) is 36.4 Å². The number of nitrogens with one attached hydrogen (secondary N) is 1. The van der Waals surface area contributed by atoms with E-state index in [-0.39, 0.29) is 12.8 Å². The summed E-state index contributed by atoms with van der Waals surface area (Å²) in [5.41, 5.74) is 8.22. The summed E-state index contributed by atoms with van der Waals surface area (Å²) in [5, 5.41) is 20.4. The van der Waals surface area contributed by atoms with E-state index in [0.29, 0.717) is 0 Å². The smallest absolute Gasteiger partial charge is 0.320 e. The average Bonchev–Trinajstić information content (AvgIpc) is 2.93. The number of aromatic nitrogens is 1. The van der Waals surface area contributed by atoms with E-state index in [1.807, 2.05) is 42.5 Å². The molecule has 0 saturated carbocycles. The molecule has 0 fully saturated rings. The molecule has 0 aliphatic rings. The lowest BCUT2D eigenvalue weighted by atomic mass is 9.92. The molecule has 0 radical (unpaired) electrons. The molecular formula is C18H18N2O4. The standard InChI is InChI=1S/C18H18N2O4/c19-14(18(23)24)9-11(17(21)22)8-10-4-3-6-13-12-5-1-2-7-15(12)20-16(10)13/h1-7,11,14,20H,8-9,19H2,(H,21,22)(H,23,24)/t11?,14-/m0/s1. The number of hydrogen-bond acceptors (Lipinski definition) is 3. The molecule has 3 rings (SSSR count). The van der Waals surface area contributed by atoms with E-state index in [2.05, 4.69) is 4.98 Å². The van der Waals surface area contributed by atoms with Crippen LogP contribution >= 0.6 is 0 Å². The number of carboxylic acids is 2. The molecule has 0 spiro atoms. The van der Waals surface area contributed by atoms with Crippen LogP contribution in [0.1, 0.15) is 12.0 Å². The molecule has 124 valence electrons. The van der Waals surface area contributed by atoms with Gasteiger partial charge in [0.2, 0.25) is 0 Å². The van der Waals surface area contributed by atoms with Crippen LogP contribution in [0.25, 0.3) is 21.8 Å². The highest BCUT2D eigenvalue weighted by molar-refractivity contribution is 6.08. The molecule has 6 nitrogen and oxygen atoms in total. The lowest BCUT2D eigenvalue weighted by Gasteiger charge is -2.15. The topological polar surface area (TPSA) is 116 Å². The number of fused-ring (bicyclic) bond motifs is 3. The van der Waals surface area contributed by atoms with Crippen LogP contribution in [0.3, 0.4) is 0 Å². The first-order valence-corrected chi connectivity index (χ1v) is 7.67. The van der Waals surface area contributed by atoms with Gasteiger partial charge in [-0.05, 0) is 24.5 Å². The monoisotopic (exact) mass is 326 g/mol. The third-order valence-electron chi connectivity index (χ3n) is 4.30. The van der Waals surface area contributed by atoms with E-state index in [4.69, 9.17) is 10.8 Å².